The third-order valence-electron chi connectivity index (χ3n) is 7.90. The Kier molecular flexibility index (Phi) is 6.38. The second kappa shape index (κ2) is 9.91. The Morgan fingerprint density at radius 1 is 1.02 bits per heavy atom. The lowest BCUT2D eigenvalue weighted by Crippen LogP contribution is -2.32. The number of nitrogens with zero attached hydrogens (tertiary/aromatic N) is 2. The van der Waals surface area contributed by atoms with Gasteiger partial charge in [0.15, 0.2) is 0 Å². The second-order valence-corrected chi connectivity index (χ2v) is 10.6. The van der Waals surface area contributed by atoms with Crippen LogP contribution in [0.2, 0.25) is 5.02 Å². The number of imide groups is 1. The van der Waals surface area contributed by atoms with Crippen LogP contribution >= 0.6 is 11.6 Å². The topological polar surface area (TPSA) is 116 Å². The Morgan fingerprint density at radius 2 is 1.73 bits per heavy atom. The summed E-state index contributed by atoms with van der Waals surface area (Å²) < 4.78 is 11.0. The number of halogens is 1. The summed E-state index contributed by atoms with van der Waals surface area (Å²) in [5, 5.41) is 11.4. The number of rotatable bonds is 7. The fourth-order valence-corrected chi connectivity index (χ4v) is 6.23. The van der Waals surface area contributed by atoms with Crippen molar-refractivity contribution in [3.05, 3.63) is 105 Å². The summed E-state index contributed by atoms with van der Waals surface area (Å²) in [7, 11) is 0. The molecule has 0 aromatic heterocycles. The first-order chi connectivity index (χ1) is 19.2. The van der Waals surface area contributed by atoms with Crippen LogP contribution in [0.3, 0.4) is 0 Å². The number of nitro groups is 1. The average molecular weight is 559 g/mol. The first-order valence-electron chi connectivity index (χ1n) is 12.8. The van der Waals surface area contributed by atoms with E-state index in [4.69, 9.17) is 21.1 Å². The molecule has 1 saturated heterocycles. The molecule has 3 aromatic carbocycles. The van der Waals surface area contributed by atoms with Crippen LogP contribution in [0.1, 0.15) is 29.3 Å². The first kappa shape index (κ1) is 25.8. The van der Waals surface area contributed by atoms with Crippen LogP contribution in [0.25, 0.3) is 0 Å². The highest BCUT2D eigenvalue weighted by Gasteiger charge is 2.60. The molecule has 6 rings (SSSR count). The molecule has 2 aliphatic carbocycles. The number of fused-ring (bicyclic) bond motifs is 5. The summed E-state index contributed by atoms with van der Waals surface area (Å²) in [4.78, 5) is 50.8. The average Bonchev–Trinajstić information content (AvgIpc) is 3.59. The summed E-state index contributed by atoms with van der Waals surface area (Å²) in [5.41, 5.74) is 2.35. The van der Waals surface area contributed by atoms with Crippen molar-refractivity contribution in [1.82, 2.24) is 0 Å². The number of para-hydroxylation sites is 1. The van der Waals surface area contributed by atoms with Crippen molar-refractivity contribution >= 4 is 40.8 Å². The van der Waals surface area contributed by atoms with E-state index in [-0.39, 0.29) is 64.1 Å². The van der Waals surface area contributed by atoms with Crippen LogP contribution in [-0.4, -0.2) is 22.7 Å². The SMILES string of the molecule is CC1=C[C@@H]2C[C@H]1[C@H]1C(=O)N(c3ccc(C(=O)OCc4ccc(Oc5c(Cl)cccc5[N+](=O)[O-])cc4)cc3)C(=O)[C@@H]12. The minimum atomic E-state index is -0.574. The van der Waals surface area contributed by atoms with E-state index in [1.54, 1.807) is 36.4 Å². The molecule has 0 spiro atoms. The molecular formula is C30H23ClN2O7. The number of hydrogen-bond acceptors (Lipinski definition) is 7. The summed E-state index contributed by atoms with van der Waals surface area (Å²) in [6, 6.07) is 17.0. The van der Waals surface area contributed by atoms with Gasteiger partial charge in [0.05, 0.1) is 33.0 Å². The minimum Gasteiger partial charge on any atom is -0.457 e. The van der Waals surface area contributed by atoms with E-state index in [0.717, 1.165) is 6.42 Å². The molecule has 10 heteroatoms. The monoisotopic (exact) mass is 558 g/mol. The van der Waals surface area contributed by atoms with Gasteiger partial charge in [0.1, 0.15) is 12.4 Å². The standard InChI is InChI=1S/C30H23ClN2O7/c1-16-13-19-14-22(16)26-25(19)28(34)32(29(26)35)20-9-7-18(8-10-20)30(36)39-15-17-5-11-21(12-6-17)40-27-23(31)3-2-4-24(27)33(37)38/h2-13,19,22,25-26H,14-15H2,1H3/t19-,22-,25-,26-/m1/s1. The van der Waals surface area contributed by atoms with Crippen LogP contribution in [-0.2, 0) is 20.9 Å². The van der Waals surface area contributed by atoms with Gasteiger partial charge in [0, 0.05) is 6.07 Å². The van der Waals surface area contributed by atoms with Gasteiger partial charge in [-0.05, 0) is 73.2 Å². The van der Waals surface area contributed by atoms with Crippen LogP contribution in [0, 0.1) is 33.8 Å². The van der Waals surface area contributed by atoms with Gasteiger partial charge in [-0.3, -0.25) is 24.6 Å². The highest BCUT2D eigenvalue weighted by atomic mass is 35.5. The zero-order chi connectivity index (χ0) is 28.1. The number of carbonyl (C=O) groups excluding carboxylic acids is 3. The number of nitro benzene ring substituents is 1. The molecule has 2 bridgehead atoms. The summed E-state index contributed by atoms with van der Waals surface area (Å²) in [6.07, 6.45) is 3.00. The van der Waals surface area contributed by atoms with Crippen LogP contribution in [0.15, 0.2) is 78.4 Å². The molecule has 9 nitrogen and oxygen atoms in total. The van der Waals surface area contributed by atoms with Gasteiger partial charge >= 0.3 is 11.7 Å². The van der Waals surface area contributed by atoms with Gasteiger partial charge in [-0.2, -0.15) is 0 Å². The number of anilines is 1. The van der Waals surface area contributed by atoms with E-state index in [0.29, 0.717) is 17.0 Å². The van der Waals surface area contributed by atoms with Crippen molar-refractivity contribution in [1.29, 1.82) is 0 Å². The highest BCUT2D eigenvalue weighted by Crippen LogP contribution is 2.55. The zero-order valence-corrected chi connectivity index (χ0v) is 22.0. The third-order valence-corrected chi connectivity index (χ3v) is 8.20. The number of benzene rings is 3. The van der Waals surface area contributed by atoms with Gasteiger partial charge in [-0.15, -0.1) is 0 Å². The van der Waals surface area contributed by atoms with E-state index < -0.39 is 10.9 Å². The molecule has 1 saturated carbocycles. The van der Waals surface area contributed by atoms with Crippen molar-refractivity contribution in [3.8, 4) is 11.5 Å². The van der Waals surface area contributed by atoms with Gasteiger partial charge in [0.2, 0.25) is 17.6 Å². The third kappa shape index (κ3) is 4.32. The van der Waals surface area contributed by atoms with Crippen LogP contribution in [0.4, 0.5) is 11.4 Å². The fourth-order valence-electron chi connectivity index (χ4n) is 6.02. The lowest BCUT2D eigenvalue weighted by Gasteiger charge is -2.19. The summed E-state index contributed by atoms with van der Waals surface area (Å²) >= 11 is 6.07. The predicted octanol–water partition coefficient (Wildman–Crippen LogP) is 6.10. The number of carbonyl (C=O) groups is 3. The van der Waals surface area contributed by atoms with Crippen molar-refractivity contribution in [2.24, 2.45) is 23.7 Å². The highest BCUT2D eigenvalue weighted by molar-refractivity contribution is 6.32. The molecule has 2 amide bonds. The van der Waals surface area contributed by atoms with Gasteiger partial charge < -0.3 is 9.47 Å². The Labute approximate surface area is 234 Å². The molecule has 1 aliphatic heterocycles. The molecule has 0 unspecified atom stereocenters. The smallest absolute Gasteiger partial charge is 0.338 e. The molecule has 3 aliphatic rings. The lowest BCUT2D eigenvalue weighted by molar-refractivity contribution is -0.385. The Morgan fingerprint density at radius 3 is 2.42 bits per heavy atom. The molecule has 0 radical (unpaired) electrons. The second-order valence-electron chi connectivity index (χ2n) is 10.2. The van der Waals surface area contributed by atoms with Crippen molar-refractivity contribution in [2.45, 2.75) is 20.0 Å². The molecule has 40 heavy (non-hydrogen) atoms. The van der Waals surface area contributed by atoms with E-state index in [1.165, 1.54) is 40.8 Å². The maximum Gasteiger partial charge on any atom is 0.338 e. The zero-order valence-electron chi connectivity index (χ0n) is 21.3. The Hall–Kier alpha value is -4.50. The van der Waals surface area contributed by atoms with Crippen LogP contribution in [0.5, 0.6) is 11.5 Å². The summed E-state index contributed by atoms with van der Waals surface area (Å²) in [6.45, 7) is 2.01. The molecule has 0 N–H and O–H groups in total. The molecule has 1 heterocycles. The van der Waals surface area contributed by atoms with E-state index in [9.17, 15) is 24.5 Å². The molecule has 4 atom stereocenters. The predicted molar refractivity (Wildman–Crippen MR) is 145 cm³/mol. The Balaban J connectivity index is 1.07. The normalized spacial score (nSPS) is 22.8. The quantitative estimate of drug-likeness (QED) is 0.113. The van der Waals surface area contributed by atoms with Crippen molar-refractivity contribution < 1.29 is 28.8 Å². The van der Waals surface area contributed by atoms with Crippen molar-refractivity contribution in [2.75, 3.05) is 4.90 Å². The van der Waals surface area contributed by atoms with E-state index >= 15 is 0 Å². The maximum atomic E-state index is 13.1. The van der Waals surface area contributed by atoms with E-state index in [1.807, 2.05) is 6.92 Å². The minimum absolute atomic E-state index is 0.0192. The molecule has 3 aromatic rings. The largest absolute Gasteiger partial charge is 0.457 e. The van der Waals surface area contributed by atoms with Gasteiger partial charge in [0.25, 0.3) is 0 Å². The molecular weight excluding hydrogens is 536 g/mol. The number of allylic oxidation sites excluding steroid dienone is 2. The summed E-state index contributed by atoms with van der Waals surface area (Å²) in [5.74, 6) is -0.937. The number of amides is 2. The fraction of sp³-hybridized carbons (Fsp3) is 0.233. The molecule has 2 fully saturated rings. The first-order valence-corrected chi connectivity index (χ1v) is 13.1. The van der Waals surface area contributed by atoms with Crippen LogP contribution < -0.4 is 9.64 Å². The Bertz CT molecular complexity index is 1580. The number of ether oxygens (including phenoxy) is 2. The lowest BCUT2D eigenvalue weighted by atomic mass is 9.82. The van der Waals surface area contributed by atoms with Crippen molar-refractivity contribution in [3.63, 3.8) is 0 Å². The maximum absolute atomic E-state index is 13.1. The number of hydrogen-bond donors (Lipinski definition) is 0. The van der Waals surface area contributed by atoms with E-state index in [2.05, 4.69) is 6.08 Å². The van der Waals surface area contributed by atoms with Gasteiger partial charge in [-0.25, -0.2) is 4.79 Å². The number of esters is 1. The van der Waals surface area contributed by atoms with Gasteiger partial charge in [-0.1, -0.05) is 41.4 Å². The molecule has 202 valence electrons.